The van der Waals surface area contributed by atoms with Gasteiger partial charge in [0.1, 0.15) is 0 Å². The van der Waals surface area contributed by atoms with Crippen LogP contribution in [0.5, 0.6) is 0 Å². The number of hydrogen-bond donors (Lipinski definition) is 0. The number of likely N-dealkylation sites (N-methyl/N-ethyl adjacent to an activating group) is 1. The van der Waals surface area contributed by atoms with Crippen molar-refractivity contribution in [3.63, 3.8) is 0 Å². The quantitative estimate of drug-likeness (QED) is 0.561. The van der Waals surface area contributed by atoms with Crippen molar-refractivity contribution in [2.24, 2.45) is 0 Å². The molecule has 0 spiro atoms. The molecule has 0 radical (unpaired) electrons. The molecule has 0 saturated carbocycles. The first-order chi connectivity index (χ1) is 13.3. The largest absolute Gasteiger partial charge is 0.338 e. The van der Waals surface area contributed by atoms with E-state index in [-0.39, 0.29) is 0 Å². The maximum atomic E-state index is 4.59. The zero-order chi connectivity index (χ0) is 18.2. The summed E-state index contributed by atoms with van der Waals surface area (Å²) in [4.78, 5) is 4.85. The van der Waals surface area contributed by atoms with Crippen molar-refractivity contribution in [3.05, 3.63) is 60.2 Å². The molecule has 3 heterocycles. The summed E-state index contributed by atoms with van der Waals surface area (Å²) in [7, 11) is 0. The zero-order valence-corrected chi connectivity index (χ0v) is 15.6. The Labute approximate surface area is 158 Å². The van der Waals surface area contributed by atoms with Gasteiger partial charge >= 0.3 is 0 Å². The Morgan fingerprint density at radius 1 is 0.815 bits per heavy atom. The molecule has 5 rings (SSSR count). The van der Waals surface area contributed by atoms with Crippen LogP contribution in [0, 0.1) is 0 Å². The van der Waals surface area contributed by atoms with E-state index < -0.39 is 0 Å². The van der Waals surface area contributed by atoms with Crippen molar-refractivity contribution in [2.75, 3.05) is 37.6 Å². The zero-order valence-electron chi connectivity index (χ0n) is 15.6. The second-order valence-electron chi connectivity index (χ2n) is 7.12. The molecule has 0 unspecified atom stereocenters. The maximum absolute atomic E-state index is 4.59. The van der Waals surface area contributed by atoms with Gasteiger partial charge in [-0.15, -0.1) is 10.2 Å². The topological polar surface area (TPSA) is 41.6 Å². The number of nitrogens with zero attached hydrogens (tertiary/aromatic N) is 6. The minimum Gasteiger partial charge on any atom is -0.338 e. The molecule has 2 aromatic heterocycles. The highest BCUT2D eigenvalue weighted by Gasteiger charge is 2.23. The van der Waals surface area contributed by atoms with E-state index in [9.17, 15) is 0 Å². The lowest BCUT2D eigenvalue weighted by Crippen LogP contribution is -2.46. The summed E-state index contributed by atoms with van der Waals surface area (Å²) in [5, 5.41) is 9.17. The van der Waals surface area contributed by atoms with E-state index in [4.69, 9.17) is 0 Å². The van der Waals surface area contributed by atoms with Crippen molar-refractivity contribution in [3.8, 4) is 0 Å². The monoisotopic (exact) mass is 360 g/mol. The van der Waals surface area contributed by atoms with Crippen molar-refractivity contribution in [1.82, 2.24) is 24.1 Å². The molecule has 138 valence electrons. The van der Waals surface area contributed by atoms with E-state index in [1.807, 2.05) is 0 Å². The van der Waals surface area contributed by atoms with Gasteiger partial charge in [0.15, 0.2) is 0 Å². The summed E-state index contributed by atoms with van der Waals surface area (Å²) in [6.45, 7) is 8.27. The summed E-state index contributed by atoms with van der Waals surface area (Å²) in [6.07, 6.45) is 0. The predicted octanol–water partition coefficient (Wildman–Crippen LogP) is 2.87. The van der Waals surface area contributed by atoms with Gasteiger partial charge in [0, 0.05) is 26.2 Å². The van der Waals surface area contributed by atoms with Gasteiger partial charge in [-0.25, -0.2) is 4.40 Å². The van der Waals surface area contributed by atoms with E-state index in [2.05, 4.69) is 90.5 Å². The van der Waals surface area contributed by atoms with Gasteiger partial charge in [0.25, 0.3) is 0 Å². The first kappa shape index (κ1) is 16.3. The molecular formula is C21H24N6. The van der Waals surface area contributed by atoms with Crippen molar-refractivity contribution in [2.45, 2.75) is 13.5 Å². The fraction of sp³-hybridized carbons (Fsp3) is 0.333. The molecule has 2 aromatic carbocycles. The molecule has 1 saturated heterocycles. The number of hydrogen-bond acceptors (Lipinski definition) is 4. The van der Waals surface area contributed by atoms with Crippen molar-refractivity contribution in [1.29, 1.82) is 0 Å². The molecule has 6 nitrogen and oxygen atoms in total. The van der Waals surface area contributed by atoms with Crippen LogP contribution in [0.2, 0.25) is 0 Å². The smallest absolute Gasteiger partial charge is 0.238 e. The molecule has 27 heavy (non-hydrogen) atoms. The lowest BCUT2D eigenvalue weighted by Gasteiger charge is -2.33. The summed E-state index contributed by atoms with van der Waals surface area (Å²) in [5.41, 5.74) is 3.63. The Bertz CT molecular complexity index is 1060. The molecule has 6 heteroatoms. The van der Waals surface area contributed by atoms with Crippen LogP contribution in [0.4, 0.5) is 5.95 Å². The molecule has 1 fully saturated rings. The Hall–Kier alpha value is -2.86. The minimum absolute atomic E-state index is 0.791. The molecule has 0 N–H and O–H groups in total. The van der Waals surface area contributed by atoms with Gasteiger partial charge in [-0.1, -0.05) is 49.4 Å². The third-order valence-corrected chi connectivity index (χ3v) is 5.57. The third kappa shape index (κ3) is 2.77. The second kappa shape index (κ2) is 6.70. The number of rotatable bonds is 4. The number of para-hydroxylation sites is 2. The average molecular weight is 360 g/mol. The Kier molecular flexibility index (Phi) is 4.05. The maximum Gasteiger partial charge on any atom is 0.238 e. The Morgan fingerprint density at radius 2 is 1.52 bits per heavy atom. The molecule has 0 aliphatic carbocycles. The van der Waals surface area contributed by atoms with Crippen LogP contribution in [0.3, 0.4) is 0 Å². The highest BCUT2D eigenvalue weighted by Crippen LogP contribution is 2.26. The van der Waals surface area contributed by atoms with Crippen LogP contribution in [0.25, 0.3) is 16.8 Å². The normalized spacial score (nSPS) is 15.8. The van der Waals surface area contributed by atoms with Crippen LogP contribution < -0.4 is 4.90 Å². The van der Waals surface area contributed by atoms with Gasteiger partial charge in [0.2, 0.25) is 11.7 Å². The number of aromatic nitrogens is 4. The fourth-order valence-electron chi connectivity index (χ4n) is 4.04. The highest BCUT2D eigenvalue weighted by atomic mass is 15.4. The fourth-order valence-corrected chi connectivity index (χ4v) is 4.04. The van der Waals surface area contributed by atoms with Gasteiger partial charge in [-0.3, -0.25) is 0 Å². The Morgan fingerprint density at radius 3 is 2.26 bits per heavy atom. The van der Waals surface area contributed by atoms with E-state index >= 15 is 0 Å². The second-order valence-corrected chi connectivity index (χ2v) is 7.12. The third-order valence-electron chi connectivity index (χ3n) is 5.57. The van der Waals surface area contributed by atoms with E-state index in [0.717, 1.165) is 51.0 Å². The molecule has 0 amide bonds. The van der Waals surface area contributed by atoms with E-state index in [0.29, 0.717) is 0 Å². The van der Waals surface area contributed by atoms with Gasteiger partial charge in [-0.05, 0) is 24.2 Å². The standard InChI is InChI=1S/C21H24N6/c1-2-24-12-14-25(15-13-24)20-22-23-21-26(16-17-8-4-3-5-9-17)18-10-6-7-11-19(18)27(20)21/h3-11H,2,12-16H2,1H3. The number of imidazole rings is 1. The van der Waals surface area contributed by atoms with Crippen LogP contribution in [0.15, 0.2) is 54.6 Å². The summed E-state index contributed by atoms with van der Waals surface area (Å²) in [5.74, 6) is 1.87. The lowest BCUT2D eigenvalue weighted by atomic mass is 10.2. The average Bonchev–Trinajstić information content (AvgIpc) is 3.29. The number of piperazine rings is 1. The molecular weight excluding hydrogens is 336 g/mol. The summed E-state index contributed by atoms with van der Waals surface area (Å²) in [6, 6.07) is 19.1. The van der Waals surface area contributed by atoms with Crippen LogP contribution in [-0.2, 0) is 6.54 Å². The van der Waals surface area contributed by atoms with Crippen molar-refractivity contribution >= 4 is 22.8 Å². The molecule has 0 bridgehead atoms. The van der Waals surface area contributed by atoms with Crippen LogP contribution in [0.1, 0.15) is 12.5 Å². The van der Waals surface area contributed by atoms with E-state index in [1.54, 1.807) is 0 Å². The molecule has 4 aromatic rings. The minimum atomic E-state index is 0.791. The summed E-state index contributed by atoms with van der Waals surface area (Å²) >= 11 is 0. The van der Waals surface area contributed by atoms with Gasteiger partial charge in [-0.2, -0.15) is 0 Å². The van der Waals surface area contributed by atoms with Crippen LogP contribution in [-0.4, -0.2) is 56.8 Å². The Balaban J connectivity index is 1.61. The number of benzene rings is 2. The first-order valence-corrected chi connectivity index (χ1v) is 9.68. The number of anilines is 1. The molecule has 0 atom stereocenters. The summed E-state index contributed by atoms with van der Waals surface area (Å²) < 4.78 is 4.49. The van der Waals surface area contributed by atoms with E-state index in [1.165, 1.54) is 16.6 Å². The van der Waals surface area contributed by atoms with Gasteiger partial charge < -0.3 is 14.4 Å². The molecule has 1 aliphatic heterocycles. The van der Waals surface area contributed by atoms with Crippen LogP contribution >= 0.6 is 0 Å². The van der Waals surface area contributed by atoms with Crippen molar-refractivity contribution < 1.29 is 0 Å². The lowest BCUT2D eigenvalue weighted by molar-refractivity contribution is 0.270. The SMILES string of the molecule is CCN1CCN(c2nnc3n(Cc4ccccc4)c4ccccc4n23)CC1. The predicted molar refractivity (Wildman–Crippen MR) is 108 cm³/mol. The number of fused-ring (bicyclic) bond motifs is 3. The molecule has 1 aliphatic rings. The van der Waals surface area contributed by atoms with Gasteiger partial charge in [0.05, 0.1) is 17.6 Å². The highest BCUT2D eigenvalue weighted by molar-refractivity contribution is 5.82. The first-order valence-electron chi connectivity index (χ1n) is 9.68.